The van der Waals surface area contributed by atoms with Crippen molar-refractivity contribution in [1.29, 1.82) is 0 Å². The Morgan fingerprint density at radius 3 is 2.27 bits per heavy atom. The van der Waals surface area contributed by atoms with Crippen LogP contribution in [-0.2, 0) is 9.53 Å². The van der Waals surface area contributed by atoms with Crippen molar-refractivity contribution in [3.05, 3.63) is 97.2 Å². The van der Waals surface area contributed by atoms with Gasteiger partial charge in [-0.15, -0.1) is 0 Å². The van der Waals surface area contributed by atoms with E-state index in [9.17, 15) is 9.59 Å². The number of esters is 1. The zero-order valence-corrected chi connectivity index (χ0v) is 23.7. The lowest BCUT2D eigenvalue weighted by atomic mass is 9.81. The highest BCUT2D eigenvalue weighted by Crippen LogP contribution is 2.38. The van der Waals surface area contributed by atoms with Gasteiger partial charge in [0.25, 0.3) is 0 Å². The van der Waals surface area contributed by atoms with Crippen molar-refractivity contribution in [2.45, 2.75) is 39.7 Å². The quantitative estimate of drug-likeness (QED) is 0.144. The minimum Gasteiger partial charge on any atom is -0.463 e. The molecule has 5 aromatic rings. The third-order valence-corrected chi connectivity index (χ3v) is 7.69. The number of rotatable bonds is 10. The number of carbonyl (C=O) groups is 2. The number of carbonyl (C=O) groups excluding carboxylic acids is 2. The normalized spacial score (nSPS) is 13.4. The van der Waals surface area contributed by atoms with Crippen molar-refractivity contribution >= 4 is 33.9 Å². The van der Waals surface area contributed by atoms with E-state index in [1.165, 1.54) is 10.8 Å². The fraction of sp³-hybridized carbons (Fsp3) is 0.265. The van der Waals surface area contributed by atoms with Crippen LogP contribution in [0.25, 0.3) is 33.1 Å². The number of amides is 1. The monoisotopic (exact) mass is 549 g/mol. The molecular weight excluding hydrogens is 514 g/mol. The summed E-state index contributed by atoms with van der Waals surface area (Å²) < 4.78 is 13.4. The largest absolute Gasteiger partial charge is 0.463 e. The van der Waals surface area contributed by atoms with Gasteiger partial charge in [-0.1, -0.05) is 61.5 Å². The second kappa shape index (κ2) is 12.3. The second-order valence-electron chi connectivity index (χ2n) is 10.6. The molecule has 0 radical (unpaired) electrons. The summed E-state index contributed by atoms with van der Waals surface area (Å²) in [6.07, 6.45) is 2.35. The molecule has 0 saturated heterocycles. The Hall–Kier alpha value is -4.65. The number of ether oxygens (including phenoxy) is 2. The summed E-state index contributed by atoms with van der Waals surface area (Å²) in [6, 6.07) is 29.6. The van der Waals surface area contributed by atoms with Crippen molar-refractivity contribution < 1.29 is 19.1 Å². The van der Waals surface area contributed by atoms with Gasteiger partial charge in [-0.05, 0) is 63.1 Å². The fourth-order valence-electron chi connectivity index (χ4n) is 5.41. The molecular formula is C34H35N3O4. The van der Waals surface area contributed by atoms with Gasteiger partial charge in [-0.2, -0.15) is 0 Å². The van der Waals surface area contributed by atoms with Crippen molar-refractivity contribution in [3.63, 3.8) is 0 Å². The third-order valence-electron chi connectivity index (χ3n) is 7.69. The lowest BCUT2D eigenvalue weighted by Gasteiger charge is -2.30. The Bertz CT molecular complexity index is 1610. The Kier molecular flexibility index (Phi) is 8.34. The van der Waals surface area contributed by atoms with Crippen molar-refractivity contribution in [2.24, 2.45) is 5.41 Å². The van der Waals surface area contributed by atoms with E-state index in [1.54, 1.807) is 24.4 Å². The maximum absolute atomic E-state index is 13.3. The van der Waals surface area contributed by atoms with Crippen LogP contribution in [0.2, 0.25) is 0 Å². The standard InChI is InChI=1S/C34H35N3O4/c1-4-34(3,23-24(2)37-30-17-7-5-14-27(30)28-15-6-8-18-31(28)37)32(38)40-21-20-36-33(39)41-26-13-11-12-25(22-26)29-16-9-10-19-35-29/h5-19,22,24H,4,20-21,23H2,1-3H3,(H,36,39). The van der Waals surface area contributed by atoms with E-state index < -0.39 is 11.5 Å². The van der Waals surface area contributed by atoms with E-state index in [2.05, 4.69) is 58.2 Å². The molecule has 0 aliphatic carbocycles. The van der Waals surface area contributed by atoms with Crippen LogP contribution in [0.3, 0.4) is 0 Å². The molecule has 7 heteroatoms. The van der Waals surface area contributed by atoms with E-state index in [0.717, 1.165) is 22.3 Å². The number of benzene rings is 3. The average molecular weight is 550 g/mol. The fourth-order valence-corrected chi connectivity index (χ4v) is 5.41. The molecule has 2 heterocycles. The van der Waals surface area contributed by atoms with E-state index in [0.29, 0.717) is 18.6 Å². The molecule has 210 valence electrons. The van der Waals surface area contributed by atoms with Crippen LogP contribution in [-0.4, -0.2) is 34.8 Å². The SMILES string of the molecule is CCC(C)(CC(C)n1c2ccccc2c2ccccc21)C(=O)OCCNC(=O)Oc1cccc(-c2ccccn2)c1. The molecule has 1 amide bonds. The van der Waals surface area contributed by atoms with Gasteiger partial charge < -0.3 is 19.4 Å². The Morgan fingerprint density at radius 1 is 0.927 bits per heavy atom. The first kappa shape index (κ1) is 27.9. The molecule has 7 nitrogen and oxygen atoms in total. The molecule has 0 bridgehead atoms. The van der Waals surface area contributed by atoms with Gasteiger partial charge in [-0.25, -0.2) is 4.79 Å². The minimum atomic E-state index is -0.682. The molecule has 5 rings (SSSR count). The Morgan fingerprint density at radius 2 is 1.61 bits per heavy atom. The van der Waals surface area contributed by atoms with E-state index in [4.69, 9.17) is 9.47 Å². The number of pyridine rings is 1. The molecule has 0 saturated carbocycles. The van der Waals surface area contributed by atoms with Crippen LogP contribution >= 0.6 is 0 Å². The van der Waals surface area contributed by atoms with Crippen LogP contribution < -0.4 is 10.1 Å². The first-order valence-corrected chi connectivity index (χ1v) is 14.0. The van der Waals surface area contributed by atoms with Gasteiger partial charge in [0.2, 0.25) is 0 Å². The molecule has 0 spiro atoms. The van der Waals surface area contributed by atoms with Crippen molar-refractivity contribution in [3.8, 4) is 17.0 Å². The number of nitrogens with zero attached hydrogens (tertiary/aromatic N) is 2. The second-order valence-corrected chi connectivity index (χ2v) is 10.6. The highest BCUT2D eigenvalue weighted by molar-refractivity contribution is 6.08. The van der Waals surface area contributed by atoms with Crippen LogP contribution in [0.5, 0.6) is 5.75 Å². The summed E-state index contributed by atoms with van der Waals surface area (Å²) in [4.78, 5) is 29.9. The van der Waals surface area contributed by atoms with Gasteiger partial charge in [-0.3, -0.25) is 9.78 Å². The first-order valence-electron chi connectivity index (χ1n) is 14.0. The molecule has 2 atom stereocenters. The predicted molar refractivity (Wildman–Crippen MR) is 162 cm³/mol. The van der Waals surface area contributed by atoms with E-state index in [-0.39, 0.29) is 25.2 Å². The number of aromatic nitrogens is 2. The van der Waals surface area contributed by atoms with Gasteiger partial charge in [0.05, 0.1) is 17.7 Å². The predicted octanol–water partition coefficient (Wildman–Crippen LogP) is 7.56. The number of fused-ring (bicyclic) bond motifs is 3. The summed E-state index contributed by atoms with van der Waals surface area (Å²) in [5.74, 6) is 0.131. The maximum Gasteiger partial charge on any atom is 0.412 e. The topological polar surface area (TPSA) is 82.5 Å². The highest BCUT2D eigenvalue weighted by atomic mass is 16.6. The summed E-state index contributed by atoms with van der Waals surface area (Å²) in [6.45, 7) is 6.32. The van der Waals surface area contributed by atoms with Gasteiger partial charge in [0, 0.05) is 39.6 Å². The third kappa shape index (κ3) is 6.09. The van der Waals surface area contributed by atoms with E-state index in [1.807, 2.05) is 50.2 Å². The highest BCUT2D eigenvalue weighted by Gasteiger charge is 2.35. The molecule has 1 N–H and O–H groups in total. The molecule has 0 aliphatic rings. The smallest absolute Gasteiger partial charge is 0.412 e. The van der Waals surface area contributed by atoms with Gasteiger partial charge >= 0.3 is 12.1 Å². The van der Waals surface area contributed by atoms with Crippen LogP contribution in [0.15, 0.2) is 97.2 Å². The van der Waals surface area contributed by atoms with Crippen LogP contribution in [0.4, 0.5) is 4.79 Å². The zero-order valence-electron chi connectivity index (χ0n) is 23.7. The lowest BCUT2D eigenvalue weighted by Crippen LogP contribution is -2.35. The summed E-state index contributed by atoms with van der Waals surface area (Å²) >= 11 is 0. The molecule has 0 fully saturated rings. The zero-order chi connectivity index (χ0) is 28.8. The van der Waals surface area contributed by atoms with Crippen molar-refractivity contribution in [2.75, 3.05) is 13.2 Å². The summed E-state index contributed by atoms with van der Waals surface area (Å²) in [5, 5.41) is 5.07. The molecule has 3 aromatic carbocycles. The molecule has 0 aliphatic heterocycles. The van der Waals surface area contributed by atoms with Crippen LogP contribution in [0, 0.1) is 5.41 Å². The van der Waals surface area contributed by atoms with Crippen molar-refractivity contribution in [1.82, 2.24) is 14.9 Å². The molecule has 2 aromatic heterocycles. The Labute approximate surface area is 240 Å². The first-order chi connectivity index (χ1) is 19.9. The maximum atomic E-state index is 13.3. The Balaban J connectivity index is 1.16. The minimum absolute atomic E-state index is 0.0568. The lowest BCUT2D eigenvalue weighted by molar-refractivity contribution is -0.156. The summed E-state index contributed by atoms with van der Waals surface area (Å²) in [7, 11) is 0. The molecule has 41 heavy (non-hydrogen) atoms. The molecule has 2 unspecified atom stereocenters. The number of para-hydroxylation sites is 2. The average Bonchev–Trinajstić information content (AvgIpc) is 3.34. The number of hydrogen-bond donors (Lipinski definition) is 1. The number of nitrogens with one attached hydrogen (secondary N) is 1. The van der Waals surface area contributed by atoms with E-state index >= 15 is 0 Å². The number of hydrogen-bond acceptors (Lipinski definition) is 5. The summed E-state index contributed by atoms with van der Waals surface area (Å²) in [5.41, 5.74) is 3.26. The van der Waals surface area contributed by atoms with Gasteiger partial charge in [0.15, 0.2) is 0 Å². The van der Waals surface area contributed by atoms with Crippen LogP contribution in [0.1, 0.15) is 39.7 Å². The van der Waals surface area contributed by atoms with Gasteiger partial charge in [0.1, 0.15) is 12.4 Å².